The maximum absolute atomic E-state index is 3.79. The molecule has 0 aromatic rings. The van der Waals surface area contributed by atoms with Crippen LogP contribution in [-0.2, 0) is 0 Å². The van der Waals surface area contributed by atoms with Crippen LogP contribution in [0.1, 0.15) is 58.8 Å². The van der Waals surface area contributed by atoms with E-state index in [1.807, 2.05) is 0 Å². The maximum Gasteiger partial charge on any atom is 0.0327 e. The van der Waals surface area contributed by atoms with Gasteiger partial charge in [-0.25, -0.2) is 0 Å². The van der Waals surface area contributed by atoms with Crippen LogP contribution in [0.5, 0.6) is 0 Å². The number of likely N-dealkylation sites (N-methyl/N-ethyl adjacent to an activating group) is 1. The van der Waals surface area contributed by atoms with Gasteiger partial charge in [-0.2, -0.15) is 0 Å². The molecular weight excluding hydrogens is 196 g/mol. The first kappa shape index (κ1) is 14.0. The first-order valence-electron chi connectivity index (χ1n) is 7.05. The molecule has 1 rings (SSSR count). The van der Waals surface area contributed by atoms with Crippen molar-refractivity contribution in [1.82, 2.24) is 10.2 Å². The van der Waals surface area contributed by atoms with Crippen molar-refractivity contribution in [2.75, 3.05) is 20.6 Å². The highest BCUT2D eigenvalue weighted by atomic mass is 15.2. The SMILES string of the molecule is CCCC(CC)NCC1(N(C)C)CCCC1. The molecule has 2 nitrogen and oxygen atoms in total. The Hall–Kier alpha value is -0.0800. The quantitative estimate of drug-likeness (QED) is 0.718. The molecule has 0 amide bonds. The zero-order valence-corrected chi connectivity index (χ0v) is 11.7. The predicted octanol–water partition coefficient (Wildman–Crippen LogP) is 3.03. The standard InChI is InChI=1S/C14H30N2/c1-5-9-13(6-2)15-12-14(16(3)4)10-7-8-11-14/h13,15H,5-12H2,1-4H3. The molecule has 0 radical (unpaired) electrons. The van der Waals surface area contributed by atoms with Crippen molar-refractivity contribution in [3.8, 4) is 0 Å². The minimum atomic E-state index is 0.446. The van der Waals surface area contributed by atoms with Gasteiger partial charge in [0.15, 0.2) is 0 Å². The summed E-state index contributed by atoms with van der Waals surface area (Å²) in [7, 11) is 4.49. The van der Waals surface area contributed by atoms with Crippen LogP contribution in [0.2, 0.25) is 0 Å². The molecular formula is C14H30N2. The summed E-state index contributed by atoms with van der Waals surface area (Å²) in [4.78, 5) is 2.45. The summed E-state index contributed by atoms with van der Waals surface area (Å²) in [5.74, 6) is 0. The van der Waals surface area contributed by atoms with Crippen LogP contribution in [0.25, 0.3) is 0 Å². The van der Waals surface area contributed by atoms with Crippen LogP contribution in [0.15, 0.2) is 0 Å². The minimum absolute atomic E-state index is 0.446. The third-order valence-electron chi connectivity index (χ3n) is 4.33. The van der Waals surface area contributed by atoms with Gasteiger partial charge < -0.3 is 10.2 Å². The summed E-state index contributed by atoms with van der Waals surface area (Å²) >= 11 is 0. The summed E-state index contributed by atoms with van der Waals surface area (Å²) in [6.45, 7) is 5.75. The van der Waals surface area contributed by atoms with Crippen LogP contribution in [0.4, 0.5) is 0 Å². The molecule has 0 bridgehead atoms. The lowest BCUT2D eigenvalue weighted by Crippen LogP contribution is -2.51. The Morgan fingerprint density at radius 2 is 1.81 bits per heavy atom. The molecule has 1 saturated carbocycles. The third kappa shape index (κ3) is 3.46. The van der Waals surface area contributed by atoms with Crippen molar-refractivity contribution in [3.63, 3.8) is 0 Å². The largest absolute Gasteiger partial charge is 0.312 e. The Morgan fingerprint density at radius 3 is 2.25 bits per heavy atom. The van der Waals surface area contributed by atoms with Gasteiger partial charge in [-0.15, -0.1) is 0 Å². The highest BCUT2D eigenvalue weighted by Gasteiger charge is 2.35. The number of hydrogen-bond acceptors (Lipinski definition) is 2. The van der Waals surface area contributed by atoms with Gasteiger partial charge in [0.05, 0.1) is 0 Å². The highest BCUT2D eigenvalue weighted by molar-refractivity contribution is 4.95. The average molecular weight is 226 g/mol. The molecule has 0 aromatic carbocycles. The van der Waals surface area contributed by atoms with E-state index >= 15 is 0 Å². The first-order valence-corrected chi connectivity index (χ1v) is 7.05. The normalized spacial score (nSPS) is 21.6. The lowest BCUT2D eigenvalue weighted by molar-refractivity contribution is 0.148. The lowest BCUT2D eigenvalue weighted by Gasteiger charge is -2.38. The van der Waals surface area contributed by atoms with Gasteiger partial charge in [0.1, 0.15) is 0 Å². The number of nitrogens with zero attached hydrogens (tertiary/aromatic N) is 1. The first-order chi connectivity index (χ1) is 7.64. The molecule has 16 heavy (non-hydrogen) atoms. The molecule has 0 saturated heterocycles. The second-order valence-electron chi connectivity index (χ2n) is 5.60. The van der Waals surface area contributed by atoms with E-state index in [9.17, 15) is 0 Å². The van der Waals surface area contributed by atoms with Gasteiger partial charge in [-0.05, 0) is 39.8 Å². The van der Waals surface area contributed by atoms with Crippen molar-refractivity contribution in [2.45, 2.75) is 70.4 Å². The van der Waals surface area contributed by atoms with Crippen molar-refractivity contribution in [3.05, 3.63) is 0 Å². The average Bonchev–Trinajstić information content (AvgIpc) is 2.74. The molecule has 1 N–H and O–H groups in total. The van der Waals surface area contributed by atoms with Crippen molar-refractivity contribution >= 4 is 0 Å². The van der Waals surface area contributed by atoms with Crippen LogP contribution in [-0.4, -0.2) is 37.1 Å². The van der Waals surface area contributed by atoms with E-state index < -0.39 is 0 Å². The van der Waals surface area contributed by atoms with Crippen LogP contribution in [0.3, 0.4) is 0 Å². The summed E-state index contributed by atoms with van der Waals surface area (Å²) < 4.78 is 0. The zero-order chi connectivity index (χ0) is 12.0. The van der Waals surface area contributed by atoms with Gasteiger partial charge in [-0.1, -0.05) is 33.1 Å². The number of rotatable bonds is 7. The van der Waals surface area contributed by atoms with Crippen LogP contribution >= 0.6 is 0 Å². The zero-order valence-electron chi connectivity index (χ0n) is 11.7. The Balaban J connectivity index is 2.43. The molecule has 96 valence electrons. The molecule has 0 heterocycles. The molecule has 2 heteroatoms. The van der Waals surface area contributed by atoms with Gasteiger partial charge in [0, 0.05) is 18.1 Å². The van der Waals surface area contributed by atoms with Crippen LogP contribution < -0.4 is 5.32 Å². The molecule has 1 atom stereocenters. The fourth-order valence-corrected chi connectivity index (χ4v) is 2.95. The Morgan fingerprint density at radius 1 is 1.19 bits per heavy atom. The van der Waals surface area contributed by atoms with Gasteiger partial charge >= 0.3 is 0 Å². The summed E-state index contributed by atoms with van der Waals surface area (Å²) in [5.41, 5.74) is 0.446. The van der Waals surface area contributed by atoms with E-state index in [2.05, 4.69) is 38.2 Å². The molecule has 0 aromatic heterocycles. The maximum atomic E-state index is 3.79. The fraction of sp³-hybridized carbons (Fsp3) is 1.00. The van der Waals surface area contributed by atoms with Gasteiger partial charge in [-0.3, -0.25) is 0 Å². The fourth-order valence-electron chi connectivity index (χ4n) is 2.95. The number of nitrogens with one attached hydrogen (secondary N) is 1. The second-order valence-corrected chi connectivity index (χ2v) is 5.60. The van der Waals surface area contributed by atoms with E-state index in [-0.39, 0.29) is 0 Å². The van der Waals surface area contributed by atoms with E-state index in [1.165, 1.54) is 51.5 Å². The molecule has 1 unspecified atom stereocenters. The Kier molecular flexibility index (Phi) is 5.77. The van der Waals surface area contributed by atoms with Crippen LogP contribution in [0, 0.1) is 0 Å². The highest BCUT2D eigenvalue weighted by Crippen LogP contribution is 2.33. The van der Waals surface area contributed by atoms with Crippen molar-refractivity contribution < 1.29 is 0 Å². The topological polar surface area (TPSA) is 15.3 Å². The van der Waals surface area contributed by atoms with Gasteiger partial charge in [0.25, 0.3) is 0 Å². The molecule has 0 spiro atoms. The second kappa shape index (κ2) is 6.61. The Bertz CT molecular complexity index is 183. The monoisotopic (exact) mass is 226 g/mol. The predicted molar refractivity (Wildman–Crippen MR) is 71.9 cm³/mol. The Labute approximate surface area is 102 Å². The van der Waals surface area contributed by atoms with Crippen molar-refractivity contribution in [1.29, 1.82) is 0 Å². The number of hydrogen-bond donors (Lipinski definition) is 1. The molecule has 1 fully saturated rings. The summed E-state index contributed by atoms with van der Waals surface area (Å²) in [6, 6.07) is 0.724. The van der Waals surface area contributed by atoms with Crippen molar-refractivity contribution in [2.24, 2.45) is 0 Å². The van der Waals surface area contributed by atoms with E-state index in [4.69, 9.17) is 0 Å². The molecule has 1 aliphatic carbocycles. The van der Waals surface area contributed by atoms with E-state index in [0.29, 0.717) is 5.54 Å². The van der Waals surface area contributed by atoms with E-state index in [1.54, 1.807) is 0 Å². The third-order valence-corrected chi connectivity index (χ3v) is 4.33. The minimum Gasteiger partial charge on any atom is -0.312 e. The smallest absolute Gasteiger partial charge is 0.0327 e. The summed E-state index contributed by atoms with van der Waals surface area (Å²) in [5, 5.41) is 3.79. The summed E-state index contributed by atoms with van der Waals surface area (Å²) in [6.07, 6.45) is 9.43. The molecule has 0 aliphatic heterocycles. The van der Waals surface area contributed by atoms with E-state index in [0.717, 1.165) is 6.04 Å². The van der Waals surface area contributed by atoms with Gasteiger partial charge in [0.2, 0.25) is 0 Å². The lowest BCUT2D eigenvalue weighted by atomic mass is 9.95. The molecule has 1 aliphatic rings.